The van der Waals surface area contributed by atoms with Crippen molar-refractivity contribution in [3.63, 3.8) is 0 Å². The number of rotatable bonds is 5. The molecule has 0 unspecified atom stereocenters. The molecule has 0 spiro atoms. The van der Waals surface area contributed by atoms with Gasteiger partial charge in [-0.2, -0.15) is 0 Å². The molecule has 8 heteroatoms. The lowest BCUT2D eigenvalue weighted by Crippen LogP contribution is -2.44. The molecule has 35 heavy (non-hydrogen) atoms. The van der Waals surface area contributed by atoms with Crippen molar-refractivity contribution in [2.75, 3.05) is 0 Å². The van der Waals surface area contributed by atoms with E-state index < -0.39 is 17.4 Å². The van der Waals surface area contributed by atoms with Crippen LogP contribution in [0.15, 0.2) is 107 Å². The summed E-state index contributed by atoms with van der Waals surface area (Å²) >= 11 is 0. The summed E-state index contributed by atoms with van der Waals surface area (Å²) in [6.07, 6.45) is 3.14. The van der Waals surface area contributed by atoms with E-state index in [4.69, 9.17) is 4.42 Å². The number of furan rings is 1. The van der Waals surface area contributed by atoms with E-state index in [1.165, 1.54) is 16.9 Å². The van der Waals surface area contributed by atoms with Gasteiger partial charge in [0.15, 0.2) is 5.76 Å². The fourth-order valence-electron chi connectivity index (χ4n) is 3.78. The largest absolute Gasteiger partial charge is 0.463 e. The molecule has 0 aliphatic carbocycles. The molecule has 0 saturated heterocycles. The van der Waals surface area contributed by atoms with E-state index in [9.17, 15) is 14.4 Å². The van der Waals surface area contributed by atoms with Crippen LogP contribution in [0, 0.1) is 0 Å². The highest BCUT2D eigenvalue weighted by Crippen LogP contribution is 2.25. The van der Waals surface area contributed by atoms with Crippen molar-refractivity contribution in [3.05, 3.63) is 124 Å². The standard InChI is InChI=1S/C27H20N4O4/c32-25(20-11-6-14-31(27(20)34)17-18-8-2-1-3-9-18)29-30-26(33)21-16-23(24-13-7-15-35-24)28-22-12-5-4-10-19(21)22/h1-16H,17H2,(H,29,32)(H,30,33). The van der Waals surface area contributed by atoms with Crippen molar-refractivity contribution < 1.29 is 14.0 Å². The van der Waals surface area contributed by atoms with Crippen LogP contribution in [-0.2, 0) is 6.54 Å². The number of aromatic nitrogens is 2. The lowest BCUT2D eigenvalue weighted by Gasteiger charge is -2.11. The molecule has 0 aliphatic rings. The second-order valence-electron chi connectivity index (χ2n) is 7.80. The molecular formula is C27H20N4O4. The summed E-state index contributed by atoms with van der Waals surface area (Å²) in [6, 6.07) is 24.7. The van der Waals surface area contributed by atoms with Crippen LogP contribution < -0.4 is 16.4 Å². The van der Waals surface area contributed by atoms with Gasteiger partial charge in [0.25, 0.3) is 17.4 Å². The number of hydrazine groups is 1. The number of para-hydroxylation sites is 1. The smallest absolute Gasteiger partial charge is 0.275 e. The first-order valence-corrected chi connectivity index (χ1v) is 10.9. The Balaban J connectivity index is 1.37. The molecule has 5 aromatic rings. The molecule has 3 heterocycles. The monoisotopic (exact) mass is 464 g/mol. The van der Waals surface area contributed by atoms with Gasteiger partial charge in [0.2, 0.25) is 0 Å². The number of fused-ring (bicyclic) bond motifs is 1. The van der Waals surface area contributed by atoms with Gasteiger partial charge in [0.05, 0.1) is 23.9 Å². The Bertz CT molecular complexity index is 1570. The third-order valence-corrected chi connectivity index (χ3v) is 5.48. The Morgan fingerprint density at radius 2 is 1.57 bits per heavy atom. The maximum atomic E-state index is 13.0. The number of nitrogens with one attached hydrogen (secondary N) is 2. The second-order valence-corrected chi connectivity index (χ2v) is 7.80. The minimum Gasteiger partial charge on any atom is -0.463 e. The van der Waals surface area contributed by atoms with Gasteiger partial charge in [0, 0.05) is 11.6 Å². The highest BCUT2D eigenvalue weighted by Gasteiger charge is 2.17. The zero-order chi connectivity index (χ0) is 24.2. The lowest BCUT2D eigenvalue weighted by molar-refractivity contribution is 0.0846. The number of nitrogens with zero attached hydrogens (tertiary/aromatic N) is 2. The van der Waals surface area contributed by atoms with Crippen LogP contribution >= 0.6 is 0 Å². The molecule has 5 rings (SSSR count). The Labute approximate surface area is 199 Å². The van der Waals surface area contributed by atoms with Crippen LogP contribution in [0.2, 0.25) is 0 Å². The van der Waals surface area contributed by atoms with Crippen LogP contribution in [0.4, 0.5) is 0 Å². The number of hydrogen-bond acceptors (Lipinski definition) is 5. The van der Waals surface area contributed by atoms with Gasteiger partial charge in [-0.1, -0.05) is 48.5 Å². The first kappa shape index (κ1) is 21.8. The molecule has 0 atom stereocenters. The Morgan fingerprint density at radius 3 is 2.34 bits per heavy atom. The van der Waals surface area contributed by atoms with E-state index in [0.29, 0.717) is 34.5 Å². The molecule has 172 valence electrons. The Morgan fingerprint density at radius 1 is 0.829 bits per heavy atom. The van der Waals surface area contributed by atoms with E-state index in [-0.39, 0.29) is 5.56 Å². The number of carbonyl (C=O) groups excluding carboxylic acids is 2. The van der Waals surface area contributed by atoms with E-state index in [1.54, 1.807) is 48.7 Å². The fraction of sp³-hybridized carbons (Fsp3) is 0.0370. The Kier molecular flexibility index (Phi) is 5.92. The van der Waals surface area contributed by atoms with Crippen molar-refractivity contribution in [3.8, 4) is 11.5 Å². The van der Waals surface area contributed by atoms with Crippen LogP contribution in [0.3, 0.4) is 0 Å². The van der Waals surface area contributed by atoms with Crippen molar-refractivity contribution in [1.29, 1.82) is 0 Å². The highest BCUT2D eigenvalue weighted by atomic mass is 16.3. The summed E-state index contributed by atoms with van der Waals surface area (Å²) in [5.74, 6) is -0.752. The van der Waals surface area contributed by atoms with E-state index >= 15 is 0 Å². The zero-order valence-electron chi connectivity index (χ0n) is 18.5. The van der Waals surface area contributed by atoms with Crippen molar-refractivity contribution in [1.82, 2.24) is 20.4 Å². The third-order valence-electron chi connectivity index (χ3n) is 5.48. The van der Waals surface area contributed by atoms with E-state index in [1.807, 2.05) is 36.4 Å². The summed E-state index contributed by atoms with van der Waals surface area (Å²) in [5, 5.41) is 0.611. The van der Waals surface area contributed by atoms with Crippen LogP contribution in [0.1, 0.15) is 26.3 Å². The molecular weight excluding hydrogens is 444 g/mol. The molecule has 0 radical (unpaired) electrons. The van der Waals surface area contributed by atoms with Crippen LogP contribution in [0.25, 0.3) is 22.4 Å². The summed E-state index contributed by atoms with van der Waals surface area (Å²) in [4.78, 5) is 43.2. The molecule has 2 N–H and O–H groups in total. The van der Waals surface area contributed by atoms with Gasteiger partial charge >= 0.3 is 0 Å². The molecule has 3 aromatic heterocycles. The van der Waals surface area contributed by atoms with Gasteiger partial charge < -0.3 is 8.98 Å². The predicted octanol–water partition coefficient (Wildman–Crippen LogP) is 3.78. The van der Waals surface area contributed by atoms with Gasteiger partial charge in [-0.15, -0.1) is 0 Å². The average molecular weight is 464 g/mol. The first-order valence-electron chi connectivity index (χ1n) is 10.9. The number of carbonyl (C=O) groups is 2. The van der Waals surface area contributed by atoms with Gasteiger partial charge in [-0.3, -0.25) is 25.2 Å². The van der Waals surface area contributed by atoms with Crippen molar-refractivity contribution in [2.24, 2.45) is 0 Å². The van der Waals surface area contributed by atoms with Crippen molar-refractivity contribution >= 4 is 22.7 Å². The molecule has 2 aromatic carbocycles. The molecule has 2 amide bonds. The number of pyridine rings is 2. The van der Waals surface area contributed by atoms with Crippen LogP contribution in [-0.4, -0.2) is 21.4 Å². The third kappa shape index (κ3) is 4.58. The van der Waals surface area contributed by atoms with Crippen molar-refractivity contribution in [2.45, 2.75) is 6.54 Å². The minimum atomic E-state index is -0.713. The van der Waals surface area contributed by atoms with Gasteiger partial charge in [0.1, 0.15) is 11.3 Å². The topological polar surface area (TPSA) is 106 Å². The predicted molar refractivity (Wildman–Crippen MR) is 131 cm³/mol. The summed E-state index contributed by atoms with van der Waals surface area (Å²) in [5.41, 5.74) is 6.54. The van der Waals surface area contributed by atoms with Crippen LogP contribution in [0.5, 0.6) is 0 Å². The maximum Gasteiger partial charge on any atom is 0.275 e. The normalized spacial score (nSPS) is 10.7. The summed E-state index contributed by atoms with van der Waals surface area (Å²) in [6.45, 7) is 0.325. The lowest BCUT2D eigenvalue weighted by atomic mass is 10.1. The fourth-order valence-corrected chi connectivity index (χ4v) is 3.78. The minimum absolute atomic E-state index is 0.0837. The summed E-state index contributed by atoms with van der Waals surface area (Å²) < 4.78 is 6.87. The zero-order valence-corrected chi connectivity index (χ0v) is 18.5. The number of amides is 2. The SMILES string of the molecule is O=C(NNC(=O)c1cc(-c2ccco2)nc2ccccc12)c1cccn(Cc2ccccc2)c1=O. The molecule has 0 fully saturated rings. The highest BCUT2D eigenvalue weighted by molar-refractivity contribution is 6.08. The van der Waals surface area contributed by atoms with Gasteiger partial charge in [-0.25, -0.2) is 4.98 Å². The molecule has 0 saturated carbocycles. The number of hydrogen-bond donors (Lipinski definition) is 2. The van der Waals surface area contributed by atoms with E-state index in [0.717, 1.165) is 5.56 Å². The average Bonchev–Trinajstić information content (AvgIpc) is 3.43. The molecule has 0 aliphatic heterocycles. The van der Waals surface area contributed by atoms with Gasteiger partial charge in [-0.05, 0) is 42.0 Å². The second kappa shape index (κ2) is 9.48. The first-order chi connectivity index (χ1) is 17.1. The maximum absolute atomic E-state index is 13.0. The quantitative estimate of drug-likeness (QED) is 0.385. The Hall–Kier alpha value is -4.98. The molecule has 8 nitrogen and oxygen atoms in total. The van der Waals surface area contributed by atoms with E-state index in [2.05, 4.69) is 15.8 Å². The number of benzene rings is 2. The summed E-state index contributed by atoms with van der Waals surface area (Å²) in [7, 11) is 0. The molecule has 0 bridgehead atoms.